The molecule has 0 aromatic heterocycles. The number of fused-ring (bicyclic) bond motifs is 2. The summed E-state index contributed by atoms with van der Waals surface area (Å²) in [6, 6.07) is 15.0. The van der Waals surface area contributed by atoms with Crippen molar-refractivity contribution < 1.29 is 14.6 Å². The third kappa shape index (κ3) is 4.33. The summed E-state index contributed by atoms with van der Waals surface area (Å²) in [5.74, 6) is 0.0188. The second kappa shape index (κ2) is 8.61. The van der Waals surface area contributed by atoms with Gasteiger partial charge in [0, 0.05) is 43.5 Å². The summed E-state index contributed by atoms with van der Waals surface area (Å²) in [6.07, 6.45) is 1.26. The Morgan fingerprint density at radius 3 is 2.71 bits per heavy atom. The van der Waals surface area contributed by atoms with Crippen molar-refractivity contribution in [1.29, 1.82) is 0 Å². The number of carbonyl (C=O) groups excluding carboxylic acids is 1. The van der Waals surface area contributed by atoms with E-state index in [1.54, 1.807) is 0 Å². The third-order valence-electron chi connectivity index (χ3n) is 6.74. The van der Waals surface area contributed by atoms with Gasteiger partial charge >= 0.3 is 0 Å². The standard InChI is InChI=1S/C25H31N3O3/c1-17-10-19-6-7-21(26-22-15-31-16-22)11-24(19)25(30)28(17)14-23(29)13-27-9-8-18-4-2-3-5-20(18)12-27/h2-7,11,17,22-23,26,29H,8-10,12-16H2,1H3. The van der Waals surface area contributed by atoms with Crippen LogP contribution in [0.5, 0.6) is 0 Å². The predicted molar refractivity (Wildman–Crippen MR) is 120 cm³/mol. The highest BCUT2D eigenvalue weighted by Crippen LogP contribution is 2.27. The zero-order chi connectivity index (χ0) is 21.4. The SMILES string of the molecule is CC1Cc2ccc(NC3COC3)cc2C(=O)N1CC(O)CN1CCc2ccccc2C1. The van der Waals surface area contributed by atoms with Gasteiger partial charge in [0.05, 0.1) is 25.4 Å². The molecule has 3 aliphatic rings. The molecule has 164 valence electrons. The molecule has 0 spiro atoms. The fourth-order valence-electron chi connectivity index (χ4n) is 4.94. The Morgan fingerprint density at radius 1 is 1.13 bits per heavy atom. The van der Waals surface area contributed by atoms with Gasteiger partial charge in [-0.1, -0.05) is 30.3 Å². The number of aliphatic hydroxyl groups is 1. The number of anilines is 1. The van der Waals surface area contributed by atoms with Gasteiger partial charge < -0.3 is 20.1 Å². The summed E-state index contributed by atoms with van der Waals surface area (Å²) >= 11 is 0. The van der Waals surface area contributed by atoms with Crippen molar-refractivity contribution in [1.82, 2.24) is 9.80 Å². The number of hydrogen-bond acceptors (Lipinski definition) is 5. The van der Waals surface area contributed by atoms with Crippen LogP contribution in [0.25, 0.3) is 0 Å². The van der Waals surface area contributed by atoms with Crippen LogP contribution in [0.3, 0.4) is 0 Å². The Hall–Kier alpha value is -2.41. The van der Waals surface area contributed by atoms with E-state index in [9.17, 15) is 9.90 Å². The Balaban J connectivity index is 1.23. The number of β-amino-alcohol motifs (C(OH)–C–C–N with tert-alkyl or cyclic N) is 1. The molecule has 2 aromatic rings. The molecule has 2 aromatic carbocycles. The van der Waals surface area contributed by atoms with Crippen LogP contribution in [0.15, 0.2) is 42.5 Å². The highest BCUT2D eigenvalue weighted by atomic mass is 16.5. The molecular formula is C25H31N3O3. The highest BCUT2D eigenvalue weighted by Gasteiger charge is 2.32. The van der Waals surface area contributed by atoms with Gasteiger partial charge in [-0.2, -0.15) is 0 Å². The number of carbonyl (C=O) groups is 1. The van der Waals surface area contributed by atoms with Crippen LogP contribution in [0.1, 0.15) is 34.0 Å². The number of rotatable bonds is 6. The van der Waals surface area contributed by atoms with Gasteiger partial charge in [-0.25, -0.2) is 0 Å². The van der Waals surface area contributed by atoms with Gasteiger partial charge in [-0.3, -0.25) is 9.69 Å². The lowest BCUT2D eigenvalue weighted by Crippen LogP contribution is -2.50. The molecule has 1 saturated heterocycles. The van der Waals surface area contributed by atoms with Crippen LogP contribution >= 0.6 is 0 Å². The average Bonchev–Trinajstić information content (AvgIpc) is 2.74. The van der Waals surface area contributed by atoms with E-state index < -0.39 is 6.10 Å². The van der Waals surface area contributed by atoms with Crippen LogP contribution in [-0.2, 0) is 24.1 Å². The van der Waals surface area contributed by atoms with Crippen LogP contribution < -0.4 is 5.32 Å². The van der Waals surface area contributed by atoms with Crippen LogP contribution in [0.2, 0.25) is 0 Å². The number of nitrogens with zero attached hydrogens (tertiary/aromatic N) is 2. The first-order valence-corrected chi connectivity index (χ1v) is 11.3. The summed E-state index contributed by atoms with van der Waals surface area (Å²) in [6.45, 7) is 6.25. The molecule has 5 rings (SSSR count). The molecule has 0 saturated carbocycles. The molecule has 0 radical (unpaired) electrons. The molecule has 31 heavy (non-hydrogen) atoms. The highest BCUT2D eigenvalue weighted by molar-refractivity contribution is 5.98. The minimum absolute atomic E-state index is 0.0188. The zero-order valence-electron chi connectivity index (χ0n) is 18.1. The van der Waals surface area contributed by atoms with Gasteiger partial charge in [0.25, 0.3) is 5.91 Å². The Kier molecular flexibility index (Phi) is 5.69. The minimum atomic E-state index is -0.563. The first-order chi connectivity index (χ1) is 15.1. The topological polar surface area (TPSA) is 65.0 Å². The van der Waals surface area contributed by atoms with E-state index in [1.807, 2.05) is 11.0 Å². The van der Waals surface area contributed by atoms with Crippen LogP contribution in [0.4, 0.5) is 5.69 Å². The van der Waals surface area contributed by atoms with Crippen molar-refractivity contribution in [2.75, 3.05) is 38.2 Å². The zero-order valence-corrected chi connectivity index (χ0v) is 18.1. The molecule has 6 heteroatoms. The largest absolute Gasteiger partial charge is 0.390 e. The minimum Gasteiger partial charge on any atom is -0.390 e. The van der Waals surface area contributed by atoms with E-state index in [1.165, 1.54) is 11.1 Å². The first-order valence-electron chi connectivity index (χ1n) is 11.3. The van der Waals surface area contributed by atoms with Gasteiger partial charge in [0.1, 0.15) is 0 Å². The number of amides is 1. The lowest BCUT2D eigenvalue weighted by molar-refractivity contribution is 0.0211. The first kappa shape index (κ1) is 20.5. The lowest BCUT2D eigenvalue weighted by Gasteiger charge is -2.38. The van der Waals surface area contributed by atoms with Gasteiger partial charge in [-0.15, -0.1) is 0 Å². The average molecular weight is 422 g/mol. The summed E-state index contributed by atoms with van der Waals surface area (Å²) < 4.78 is 5.23. The monoisotopic (exact) mass is 421 g/mol. The van der Waals surface area contributed by atoms with Crippen LogP contribution in [0, 0.1) is 0 Å². The predicted octanol–water partition coefficient (Wildman–Crippen LogP) is 2.30. The normalized spacial score (nSPS) is 22.5. The van der Waals surface area contributed by atoms with E-state index in [-0.39, 0.29) is 11.9 Å². The lowest BCUT2D eigenvalue weighted by atomic mass is 9.93. The molecule has 1 amide bonds. The molecule has 2 atom stereocenters. The van der Waals surface area contributed by atoms with E-state index >= 15 is 0 Å². The van der Waals surface area contributed by atoms with E-state index in [4.69, 9.17) is 4.74 Å². The van der Waals surface area contributed by atoms with Crippen molar-refractivity contribution >= 4 is 11.6 Å². The van der Waals surface area contributed by atoms with Crippen molar-refractivity contribution in [3.63, 3.8) is 0 Å². The Morgan fingerprint density at radius 2 is 1.94 bits per heavy atom. The van der Waals surface area contributed by atoms with Crippen molar-refractivity contribution in [2.24, 2.45) is 0 Å². The van der Waals surface area contributed by atoms with Gasteiger partial charge in [0.15, 0.2) is 0 Å². The number of nitrogens with one attached hydrogen (secondary N) is 1. The number of benzene rings is 2. The third-order valence-corrected chi connectivity index (χ3v) is 6.74. The summed E-state index contributed by atoms with van der Waals surface area (Å²) in [7, 11) is 0. The van der Waals surface area contributed by atoms with Crippen LogP contribution in [-0.4, -0.2) is 71.8 Å². The molecule has 2 unspecified atom stereocenters. The van der Waals surface area contributed by atoms with Crippen molar-refractivity contribution in [3.05, 3.63) is 64.7 Å². The van der Waals surface area contributed by atoms with E-state index in [0.29, 0.717) is 32.3 Å². The maximum absolute atomic E-state index is 13.3. The Labute approximate surface area is 183 Å². The van der Waals surface area contributed by atoms with Crippen molar-refractivity contribution in [2.45, 2.75) is 44.5 Å². The quantitative estimate of drug-likeness (QED) is 0.749. The molecule has 0 bridgehead atoms. The molecular weight excluding hydrogens is 390 g/mol. The molecule has 2 N–H and O–H groups in total. The van der Waals surface area contributed by atoms with Gasteiger partial charge in [0.2, 0.25) is 0 Å². The number of hydrogen-bond donors (Lipinski definition) is 2. The molecule has 0 aliphatic carbocycles. The summed E-state index contributed by atoms with van der Waals surface area (Å²) in [5, 5.41) is 14.3. The maximum atomic E-state index is 13.3. The van der Waals surface area contributed by atoms with E-state index in [2.05, 4.69) is 53.5 Å². The molecule has 3 aliphatic heterocycles. The molecule has 1 fully saturated rings. The van der Waals surface area contributed by atoms with Crippen molar-refractivity contribution in [3.8, 4) is 0 Å². The number of ether oxygens (including phenoxy) is 1. The maximum Gasteiger partial charge on any atom is 0.254 e. The Bertz CT molecular complexity index is 959. The fourth-order valence-corrected chi connectivity index (χ4v) is 4.94. The number of aliphatic hydroxyl groups excluding tert-OH is 1. The molecule has 3 heterocycles. The molecule has 6 nitrogen and oxygen atoms in total. The van der Waals surface area contributed by atoms with E-state index in [0.717, 1.165) is 42.7 Å². The summed E-state index contributed by atoms with van der Waals surface area (Å²) in [5.41, 5.74) is 5.55. The fraction of sp³-hybridized carbons (Fsp3) is 0.480. The second-order valence-electron chi connectivity index (χ2n) is 9.17. The summed E-state index contributed by atoms with van der Waals surface area (Å²) in [4.78, 5) is 17.4. The van der Waals surface area contributed by atoms with Gasteiger partial charge in [-0.05, 0) is 48.6 Å². The smallest absolute Gasteiger partial charge is 0.254 e. The second-order valence-corrected chi connectivity index (χ2v) is 9.17.